The summed E-state index contributed by atoms with van der Waals surface area (Å²) in [6, 6.07) is 0. The summed E-state index contributed by atoms with van der Waals surface area (Å²) in [7, 11) is 1.88. The van der Waals surface area contributed by atoms with Crippen LogP contribution >= 0.6 is 0 Å². The fourth-order valence-electron chi connectivity index (χ4n) is 1.17. The number of nitrogens with zero attached hydrogens (tertiary/aromatic N) is 1. The molecule has 0 aromatic heterocycles. The Labute approximate surface area is 66.2 Å². The summed E-state index contributed by atoms with van der Waals surface area (Å²) in [6.45, 7) is 1.98. The third kappa shape index (κ3) is 1.83. The smallest absolute Gasteiger partial charge is 0.246 e. The number of carbonyl (C=O) groups is 1. The number of nitrogens with two attached hydrogens (primary N) is 1. The monoisotopic (exact) mass is 152 g/mol. The van der Waals surface area contributed by atoms with Crippen LogP contribution in [0.1, 0.15) is 13.3 Å². The molecule has 1 rings (SSSR count). The van der Waals surface area contributed by atoms with Crippen molar-refractivity contribution in [1.29, 1.82) is 0 Å². The van der Waals surface area contributed by atoms with Gasteiger partial charge in [0.25, 0.3) is 0 Å². The summed E-state index contributed by atoms with van der Waals surface area (Å²) < 4.78 is 0. The van der Waals surface area contributed by atoms with Crippen LogP contribution in [0.4, 0.5) is 0 Å². The van der Waals surface area contributed by atoms with E-state index in [2.05, 4.69) is 0 Å². The van der Waals surface area contributed by atoms with E-state index in [9.17, 15) is 4.79 Å². The van der Waals surface area contributed by atoms with E-state index in [1.54, 1.807) is 6.20 Å². The van der Waals surface area contributed by atoms with Crippen LogP contribution in [0, 0.1) is 0 Å². The molecule has 0 saturated carbocycles. The van der Waals surface area contributed by atoms with Crippen molar-refractivity contribution in [1.82, 2.24) is 4.90 Å². The van der Waals surface area contributed by atoms with Crippen LogP contribution < -0.4 is 5.73 Å². The molecule has 1 aliphatic rings. The zero-order valence-electron chi connectivity index (χ0n) is 6.79. The summed E-state index contributed by atoms with van der Waals surface area (Å²) in [5.41, 5.74) is 6.96. The Morgan fingerprint density at radius 1 is 1.64 bits per heavy atom. The highest BCUT2D eigenvalue weighted by molar-refractivity contribution is 5.92. The minimum Gasteiger partial charge on any atom is -0.366 e. The quantitative estimate of drug-likeness (QED) is 0.598. The SMILES string of the molecule is CC1=CN(C)C=C(C(N)=O)C1. The maximum absolute atomic E-state index is 10.7. The molecule has 0 saturated heterocycles. The number of hydrogen-bond acceptors (Lipinski definition) is 2. The van der Waals surface area contributed by atoms with E-state index in [-0.39, 0.29) is 5.91 Å². The second kappa shape index (κ2) is 2.78. The molecule has 0 aromatic rings. The second-order valence-electron chi connectivity index (χ2n) is 2.84. The second-order valence-corrected chi connectivity index (χ2v) is 2.84. The Morgan fingerprint density at radius 2 is 2.27 bits per heavy atom. The highest BCUT2D eigenvalue weighted by Crippen LogP contribution is 2.16. The first-order valence-electron chi connectivity index (χ1n) is 3.49. The molecule has 1 heterocycles. The molecular weight excluding hydrogens is 140 g/mol. The Morgan fingerprint density at radius 3 is 2.73 bits per heavy atom. The minimum atomic E-state index is -0.329. The van der Waals surface area contributed by atoms with Crippen molar-refractivity contribution in [2.75, 3.05) is 7.05 Å². The molecule has 60 valence electrons. The van der Waals surface area contributed by atoms with Gasteiger partial charge >= 0.3 is 0 Å². The average Bonchev–Trinajstić information content (AvgIpc) is 1.85. The highest BCUT2D eigenvalue weighted by atomic mass is 16.1. The Bertz CT molecular complexity index is 240. The van der Waals surface area contributed by atoms with Crippen molar-refractivity contribution in [2.24, 2.45) is 5.73 Å². The van der Waals surface area contributed by atoms with Crippen LogP contribution in [0.5, 0.6) is 0 Å². The van der Waals surface area contributed by atoms with Gasteiger partial charge in [0, 0.05) is 31.4 Å². The number of allylic oxidation sites excluding steroid dienone is 1. The molecule has 2 N–H and O–H groups in total. The van der Waals surface area contributed by atoms with E-state index < -0.39 is 0 Å². The van der Waals surface area contributed by atoms with Gasteiger partial charge in [-0.1, -0.05) is 5.57 Å². The molecule has 0 spiro atoms. The third-order valence-corrected chi connectivity index (χ3v) is 1.57. The third-order valence-electron chi connectivity index (χ3n) is 1.57. The summed E-state index contributed by atoms with van der Waals surface area (Å²) >= 11 is 0. The largest absolute Gasteiger partial charge is 0.366 e. The van der Waals surface area contributed by atoms with E-state index in [0.717, 1.165) is 5.57 Å². The van der Waals surface area contributed by atoms with Gasteiger partial charge in [-0.3, -0.25) is 4.79 Å². The summed E-state index contributed by atoms with van der Waals surface area (Å²) in [5.74, 6) is -0.329. The number of hydrogen-bond donors (Lipinski definition) is 1. The molecule has 1 aliphatic heterocycles. The maximum atomic E-state index is 10.7. The van der Waals surface area contributed by atoms with Crippen molar-refractivity contribution >= 4 is 5.91 Å². The van der Waals surface area contributed by atoms with Gasteiger partial charge in [0.1, 0.15) is 0 Å². The molecule has 11 heavy (non-hydrogen) atoms. The first kappa shape index (κ1) is 7.85. The lowest BCUT2D eigenvalue weighted by atomic mass is 10.1. The molecule has 0 aliphatic carbocycles. The Balaban J connectivity index is 2.79. The molecule has 0 bridgehead atoms. The summed E-state index contributed by atoms with van der Waals surface area (Å²) in [5, 5.41) is 0. The molecule has 3 nitrogen and oxygen atoms in total. The van der Waals surface area contributed by atoms with Crippen molar-refractivity contribution in [2.45, 2.75) is 13.3 Å². The van der Waals surface area contributed by atoms with Gasteiger partial charge < -0.3 is 10.6 Å². The van der Waals surface area contributed by atoms with Crippen LogP contribution in [-0.4, -0.2) is 17.9 Å². The number of primary amides is 1. The van der Waals surface area contributed by atoms with Gasteiger partial charge in [-0.25, -0.2) is 0 Å². The first-order chi connectivity index (χ1) is 5.09. The number of carbonyl (C=O) groups excluding carboxylic acids is 1. The van der Waals surface area contributed by atoms with Crippen LogP contribution in [-0.2, 0) is 4.79 Å². The van der Waals surface area contributed by atoms with Gasteiger partial charge in [-0.05, 0) is 6.92 Å². The zero-order valence-corrected chi connectivity index (χ0v) is 6.79. The average molecular weight is 152 g/mol. The molecule has 1 amide bonds. The fraction of sp³-hybridized carbons (Fsp3) is 0.375. The Kier molecular flexibility index (Phi) is 1.98. The van der Waals surface area contributed by atoms with E-state index in [4.69, 9.17) is 5.73 Å². The maximum Gasteiger partial charge on any atom is 0.246 e. The number of amides is 1. The van der Waals surface area contributed by atoms with Gasteiger partial charge in [0.15, 0.2) is 0 Å². The lowest BCUT2D eigenvalue weighted by molar-refractivity contribution is -0.114. The molecule has 0 unspecified atom stereocenters. The molecule has 3 heteroatoms. The molecule has 0 aromatic carbocycles. The van der Waals surface area contributed by atoms with Crippen LogP contribution in [0.3, 0.4) is 0 Å². The van der Waals surface area contributed by atoms with E-state index in [1.807, 2.05) is 25.1 Å². The highest BCUT2D eigenvalue weighted by Gasteiger charge is 2.10. The topological polar surface area (TPSA) is 46.3 Å². The van der Waals surface area contributed by atoms with E-state index in [1.165, 1.54) is 0 Å². The fourth-order valence-corrected chi connectivity index (χ4v) is 1.17. The van der Waals surface area contributed by atoms with Crippen molar-refractivity contribution in [3.05, 3.63) is 23.5 Å². The normalized spacial score (nSPS) is 17.5. The predicted molar refractivity (Wildman–Crippen MR) is 43.4 cm³/mol. The summed E-state index contributed by atoms with van der Waals surface area (Å²) in [4.78, 5) is 12.6. The first-order valence-corrected chi connectivity index (χ1v) is 3.49. The van der Waals surface area contributed by atoms with Crippen molar-refractivity contribution < 1.29 is 4.79 Å². The van der Waals surface area contributed by atoms with Crippen LogP contribution in [0.25, 0.3) is 0 Å². The van der Waals surface area contributed by atoms with Gasteiger partial charge in [-0.15, -0.1) is 0 Å². The van der Waals surface area contributed by atoms with Gasteiger partial charge in [0.2, 0.25) is 5.91 Å². The lowest BCUT2D eigenvalue weighted by Crippen LogP contribution is -2.19. The lowest BCUT2D eigenvalue weighted by Gasteiger charge is -2.17. The molecule has 0 radical (unpaired) electrons. The predicted octanol–water partition coefficient (Wildman–Crippen LogP) is 0.595. The standard InChI is InChI=1S/C8H12N2O/c1-6-3-7(8(9)11)5-10(2)4-6/h4-5H,3H2,1-2H3,(H2,9,11). The zero-order chi connectivity index (χ0) is 8.43. The van der Waals surface area contributed by atoms with E-state index in [0.29, 0.717) is 12.0 Å². The molecule has 0 fully saturated rings. The van der Waals surface area contributed by atoms with Crippen LogP contribution in [0.2, 0.25) is 0 Å². The minimum absolute atomic E-state index is 0.329. The van der Waals surface area contributed by atoms with Crippen molar-refractivity contribution in [3.63, 3.8) is 0 Å². The Hall–Kier alpha value is -1.25. The molecular formula is C8H12N2O. The summed E-state index contributed by atoms with van der Waals surface area (Å²) in [6.07, 6.45) is 4.42. The van der Waals surface area contributed by atoms with E-state index >= 15 is 0 Å². The van der Waals surface area contributed by atoms with Crippen LogP contribution in [0.15, 0.2) is 23.5 Å². The number of rotatable bonds is 1. The molecule has 0 atom stereocenters. The van der Waals surface area contributed by atoms with Gasteiger partial charge in [-0.2, -0.15) is 0 Å². The van der Waals surface area contributed by atoms with Crippen molar-refractivity contribution in [3.8, 4) is 0 Å². The van der Waals surface area contributed by atoms with Gasteiger partial charge in [0.05, 0.1) is 0 Å².